The van der Waals surface area contributed by atoms with E-state index in [1.807, 2.05) is 71.0 Å². The fourth-order valence-corrected chi connectivity index (χ4v) is 3.13. The Bertz CT molecular complexity index is 962. The van der Waals surface area contributed by atoms with E-state index in [1.165, 1.54) is 17.2 Å². The Balaban J connectivity index is 2.05. The van der Waals surface area contributed by atoms with Gasteiger partial charge >= 0.3 is 5.97 Å². The maximum Gasteiger partial charge on any atom is 0.331 e. The molecule has 0 aliphatic rings. The van der Waals surface area contributed by atoms with Gasteiger partial charge in [-0.2, -0.15) is 0 Å². The van der Waals surface area contributed by atoms with Crippen molar-refractivity contribution in [3.05, 3.63) is 82.9 Å². The van der Waals surface area contributed by atoms with Gasteiger partial charge in [-0.1, -0.05) is 48.0 Å². The molecule has 2 rings (SSSR count). The van der Waals surface area contributed by atoms with E-state index in [9.17, 15) is 9.59 Å². The molecule has 1 amide bonds. The average Bonchev–Trinajstić information content (AvgIpc) is 2.71. The van der Waals surface area contributed by atoms with Gasteiger partial charge in [-0.15, -0.1) is 0 Å². The van der Waals surface area contributed by atoms with Crippen molar-refractivity contribution in [3.63, 3.8) is 0 Å². The highest BCUT2D eigenvalue weighted by atomic mass is 16.6. The summed E-state index contributed by atoms with van der Waals surface area (Å²) in [6, 6.07) is 16.0. The van der Waals surface area contributed by atoms with Gasteiger partial charge in [0.15, 0.2) is 0 Å². The fraction of sp³-hybridized carbons (Fsp3) is 0.357. The Kier molecular flexibility index (Phi) is 9.45. The van der Waals surface area contributed by atoms with Crippen LogP contribution in [-0.4, -0.2) is 17.5 Å². The van der Waals surface area contributed by atoms with E-state index in [2.05, 4.69) is 23.5 Å². The maximum atomic E-state index is 12.5. The van der Waals surface area contributed by atoms with Crippen LogP contribution in [0.5, 0.6) is 0 Å². The number of benzene rings is 2. The number of carbonyl (C=O) groups is 2. The Labute approximate surface area is 192 Å². The van der Waals surface area contributed by atoms with Crippen LogP contribution in [0, 0.1) is 0 Å². The second-order valence-electron chi connectivity index (χ2n) is 9.16. The van der Waals surface area contributed by atoms with Crippen molar-refractivity contribution in [1.29, 1.82) is 0 Å². The largest absolute Gasteiger partial charge is 0.457 e. The minimum absolute atomic E-state index is 0.0106. The van der Waals surface area contributed by atoms with Crippen molar-refractivity contribution in [2.45, 2.75) is 65.9 Å². The second-order valence-corrected chi connectivity index (χ2v) is 9.16. The van der Waals surface area contributed by atoms with E-state index in [-0.39, 0.29) is 11.9 Å². The molecule has 0 aliphatic carbocycles. The first-order valence-corrected chi connectivity index (χ1v) is 11.1. The lowest BCUT2D eigenvalue weighted by molar-refractivity contribution is -0.148. The highest BCUT2D eigenvalue weighted by Gasteiger charge is 2.14. The molecular formula is C28H35NO3. The predicted octanol–water partition coefficient (Wildman–Crippen LogP) is 6.51. The van der Waals surface area contributed by atoms with Crippen LogP contribution in [0.15, 0.2) is 66.3 Å². The van der Waals surface area contributed by atoms with Crippen LogP contribution in [0.3, 0.4) is 0 Å². The SMILES string of the molecule is CC(C)=CCc1cc(/C=C/C(=O)OC(C)(C)C)ccc1NC(=O)CCCc1ccccc1. The molecule has 0 radical (unpaired) electrons. The number of esters is 1. The van der Waals surface area contributed by atoms with Gasteiger partial charge in [0.05, 0.1) is 0 Å². The van der Waals surface area contributed by atoms with Crippen LogP contribution in [0.25, 0.3) is 6.08 Å². The van der Waals surface area contributed by atoms with Gasteiger partial charge in [0.1, 0.15) is 5.60 Å². The zero-order valence-corrected chi connectivity index (χ0v) is 19.9. The monoisotopic (exact) mass is 433 g/mol. The highest BCUT2D eigenvalue weighted by Crippen LogP contribution is 2.21. The second kappa shape index (κ2) is 12.0. The summed E-state index contributed by atoms with van der Waals surface area (Å²) in [5.74, 6) is -0.365. The van der Waals surface area contributed by atoms with Crippen molar-refractivity contribution in [2.24, 2.45) is 0 Å². The Morgan fingerprint density at radius 2 is 1.75 bits per heavy atom. The molecule has 0 unspecified atom stereocenters. The van der Waals surface area contributed by atoms with Gasteiger partial charge in [-0.3, -0.25) is 4.79 Å². The molecule has 0 aromatic heterocycles. The molecule has 0 spiro atoms. The maximum absolute atomic E-state index is 12.5. The lowest BCUT2D eigenvalue weighted by Gasteiger charge is -2.18. The lowest BCUT2D eigenvalue weighted by atomic mass is 10.0. The normalized spacial score (nSPS) is 11.3. The summed E-state index contributed by atoms with van der Waals surface area (Å²) in [7, 11) is 0. The number of amides is 1. The number of hydrogen-bond acceptors (Lipinski definition) is 3. The third-order valence-corrected chi connectivity index (χ3v) is 4.66. The molecule has 1 N–H and O–H groups in total. The molecule has 0 saturated carbocycles. The molecular weight excluding hydrogens is 398 g/mol. The summed E-state index contributed by atoms with van der Waals surface area (Å²) in [6.07, 6.45) is 8.16. The Morgan fingerprint density at radius 1 is 1.03 bits per heavy atom. The van der Waals surface area contributed by atoms with Gasteiger partial charge in [0.2, 0.25) is 5.91 Å². The van der Waals surface area contributed by atoms with E-state index in [0.717, 1.165) is 29.7 Å². The number of anilines is 1. The van der Waals surface area contributed by atoms with Crippen molar-refractivity contribution in [3.8, 4) is 0 Å². The summed E-state index contributed by atoms with van der Waals surface area (Å²) >= 11 is 0. The highest BCUT2D eigenvalue weighted by molar-refractivity contribution is 5.92. The average molecular weight is 434 g/mol. The standard InChI is InChI=1S/C28H35NO3/c1-21(2)14-17-24-20-23(16-19-27(31)32-28(3,4)5)15-18-25(24)29-26(30)13-9-12-22-10-7-6-8-11-22/h6-8,10-11,14-16,18-20H,9,12-13,17H2,1-5H3,(H,29,30)/b19-16+. The predicted molar refractivity (Wildman–Crippen MR) is 132 cm³/mol. The number of rotatable bonds is 9. The van der Waals surface area contributed by atoms with Crippen LogP contribution in [0.4, 0.5) is 5.69 Å². The van der Waals surface area contributed by atoms with E-state index < -0.39 is 5.60 Å². The molecule has 32 heavy (non-hydrogen) atoms. The van der Waals surface area contributed by atoms with Gasteiger partial charge in [0, 0.05) is 18.2 Å². The van der Waals surface area contributed by atoms with Gasteiger partial charge in [-0.05, 0) is 88.8 Å². The summed E-state index contributed by atoms with van der Waals surface area (Å²) in [4.78, 5) is 24.5. The molecule has 0 fully saturated rings. The zero-order valence-electron chi connectivity index (χ0n) is 19.9. The van der Waals surface area contributed by atoms with Crippen molar-refractivity contribution < 1.29 is 14.3 Å². The number of nitrogens with one attached hydrogen (secondary N) is 1. The van der Waals surface area contributed by atoms with Crippen molar-refractivity contribution in [2.75, 3.05) is 5.32 Å². The fourth-order valence-electron chi connectivity index (χ4n) is 3.13. The van der Waals surface area contributed by atoms with E-state index in [0.29, 0.717) is 12.8 Å². The molecule has 2 aromatic rings. The van der Waals surface area contributed by atoms with Crippen LogP contribution >= 0.6 is 0 Å². The zero-order chi connectivity index (χ0) is 23.6. The number of carbonyl (C=O) groups excluding carboxylic acids is 2. The molecule has 0 aliphatic heterocycles. The molecule has 4 heteroatoms. The molecule has 2 aromatic carbocycles. The third kappa shape index (κ3) is 9.78. The quantitative estimate of drug-likeness (QED) is 0.278. The first kappa shape index (κ1) is 25.1. The van der Waals surface area contributed by atoms with Crippen molar-refractivity contribution in [1.82, 2.24) is 0 Å². The summed E-state index contributed by atoms with van der Waals surface area (Å²) in [5.41, 5.74) is 4.63. The number of allylic oxidation sites excluding steroid dienone is 2. The number of hydrogen-bond donors (Lipinski definition) is 1. The lowest BCUT2D eigenvalue weighted by Crippen LogP contribution is -2.22. The van der Waals surface area contributed by atoms with Gasteiger partial charge in [0.25, 0.3) is 0 Å². The number of aryl methyl sites for hydroxylation is 1. The Morgan fingerprint density at radius 3 is 2.41 bits per heavy atom. The van der Waals surface area contributed by atoms with E-state index in [4.69, 9.17) is 4.74 Å². The minimum Gasteiger partial charge on any atom is -0.457 e. The van der Waals surface area contributed by atoms with Crippen LogP contribution < -0.4 is 5.32 Å². The summed E-state index contributed by atoms with van der Waals surface area (Å²) in [6.45, 7) is 9.62. The molecule has 0 bridgehead atoms. The van der Waals surface area contributed by atoms with Crippen LogP contribution in [0.1, 0.15) is 64.2 Å². The summed E-state index contributed by atoms with van der Waals surface area (Å²) < 4.78 is 5.32. The Hall–Kier alpha value is -3.14. The van der Waals surface area contributed by atoms with Crippen LogP contribution in [-0.2, 0) is 27.2 Å². The molecule has 0 atom stereocenters. The topological polar surface area (TPSA) is 55.4 Å². The van der Waals surface area contributed by atoms with Gasteiger partial charge < -0.3 is 10.1 Å². The minimum atomic E-state index is -0.523. The number of ether oxygens (including phenoxy) is 1. The molecule has 4 nitrogen and oxygen atoms in total. The van der Waals surface area contributed by atoms with Crippen molar-refractivity contribution >= 4 is 23.6 Å². The van der Waals surface area contributed by atoms with Gasteiger partial charge in [-0.25, -0.2) is 4.79 Å². The summed E-state index contributed by atoms with van der Waals surface area (Å²) in [5, 5.41) is 3.06. The smallest absolute Gasteiger partial charge is 0.331 e. The molecule has 0 saturated heterocycles. The van der Waals surface area contributed by atoms with E-state index in [1.54, 1.807) is 6.08 Å². The third-order valence-electron chi connectivity index (χ3n) is 4.66. The first-order valence-electron chi connectivity index (χ1n) is 11.1. The van der Waals surface area contributed by atoms with Crippen LogP contribution in [0.2, 0.25) is 0 Å². The first-order chi connectivity index (χ1) is 15.1. The van der Waals surface area contributed by atoms with E-state index >= 15 is 0 Å². The molecule has 170 valence electrons. The molecule has 0 heterocycles.